The Balaban J connectivity index is 1.80. The number of methoxy groups -OCH3 is 2. The highest BCUT2D eigenvalue weighted by atomic mass is 19.1. The number of anilines is 1. The predicted molar refractivity (Wildman–Crippen MR) is 88.8 cm³/mol. The summed E-state index contributed by atoms with van der Waals surface area (Å²) in [6.45, 7) is 0. The van der Waals surface area contributed by atoms with Crippen LogP contribution in [0, 0.1) is 5.82 Å². The first-order valence-electron chi connectivity index (χ1n) is 7.30. The zero-order chi connectivity index (χ0) is 17.8. The number of benzene rings is 2. The van der Waals surface area contributed by atoms with Gasteiger partial charge in [-0.1, -0.05) is 0 Å². The lowest BCUT2D eigenvalue weighted by Crippen LogP contribution is -2.12. The average Bonchev–Trinajstić information content (AvgIpc) is 3.15. The molecule has 1 N–H and O–H groups in total. The van der Waals surface area contributed by atoms with E-state index in [1.54, 1.807) is 24.3 Å². The molecule has 8 heteroatoms. The summed E-state index contributed by atoms with van der Waals surface area (Å²) in [6, 6.07) is 9.08. The third kappa shape index (κ3) is 3.42. The summed E-state index contributed by atoms with van der Waals surface area (Å²) in [7, 11) is 2.99. The van der Waals surface area contributed by atoms with Crippen LogP contribution in [-0.2, 0) is 0 Å². The van der Waals surface area contributed by atoms with Gasteiger partial charge in [0.2, 0.25) is 0 Å². The van der Waals surface area contributed by atoms with Crippen molar-refractivity contribution < 1.29 is 18.7 Å². The number of hydrogen-bond acceptors (Lipinski definition) is 5. The maximum Gasteiger partial charge on any atom is 0.255 e. The smallest absolute Gasteiger partial charge is 0.255 e. The van der Waals surface area contributed by atoms with Gasteiger partial charge in [-0.3, -0.25) is 4.79 Å². The number of hydrogen-bond donors (Lipinski definition) is 1. The maximum absolute atomic E-state index is 14.2. The van der Waals surface area contributed by atoms with Crippen molar-refractivity contribution in [3.8, 4) is 17.2 Å². The van der Waals surface area contributed by atoms with Gasteiger partial charge in [0.15, 0.2) is 17.3 Å². The summed E-state index contributed by atoms with van der Waals surface area (Å²) in [6.07, 6.45) is 2.70. The third-order valence-electron chi connectivity index (χ3n) is 3.52. The normalized spacial score (nSPS) is 10.4. The van der Waals surface area contributed by atoms with E-state index in [4.69, 9.17) is 9.47 Å². The first kappa shape index (κ1) is 16.4. The highest BCUT2D eigenvalue weighted by molar-refractivity contribution is 6.04. The Bertz CT molecular complexity index is 897. The van der Waals surface area contributed by atoms with Crippen molar-refractivity contribution in [2.75, 3.05) is 19.5 Å². The standard InChI is InChI=1S/C17H15FN4O3/c1-24-15-6-3-11(7-16(15)25-2)17(23)21-12-4-5-14(13(18)8-12)22-10-19-9-20-22/h3-10H,1-2H3,(H,21,23). The van der Waals surface area contributed by atoms with Crippen LogP contribution in [0.1, 0.15) is 10.4 Å². The second kappa shape index (κ2) is 7.00. The fourth-order valence-corrected chi connectivity index (χ4v) is 2.28. The van der Waals surface area contributed by atoms with Crippen LogP contribution in [0.4, 0.5) is 10.1 Å². The molecular formula is C17H15FN4O3. The van der Waals surface area contributed by atoms with E-state index in [2.05, 4.69) is 15.4 Å². The zero-order valence-electron chi connectivity index (χ0n) is 13.6. The molecule has 3 rings (SSSR count). The minimum absolute atomic E-state index is 0.238. The van der Waals surface area contributed by atoms with Crippen molar-refractivity contribution in [2.45, 2.75) is 0 Å². The Morgan fingerprint density at radius 3 is 2.56 bits per heavy atom. The Morgan fingerprint density at radius 2 is 1.92 bits per heavy atom. The van der Waals surface area contributed by atoms with Gasteiger partial charge in [0.1, 0.15) is 18.3 Å². The average molecular weight is 342 g/mol. The molecule has 7 nitrogen and oxygen atoms in total. The maximum atomic E-state index is 14.2. The van der Waals surface area contributed by atoms with Crippen molar-refractivity contribution >= 4 is 11.6 Å². The number of nitrogens with one attached hydrogen (secondary N) is 1. The topological polar surface area (TPSA) is 78.3 Å². The van der Waals surface area contributed by atoms with E-state index in [1.807, 2.05) is 0 Å². The largest absolute Gasteiger partial charge is 0.493 e. The number of halogens is 1. The Labute approximate surface area is 143 Å². The number of amides is 1. The SMILES string of the molecule is COc1ccc(C(=O)Nc2ccc(-n3cncn3)c(F)c2)cc1OC. The first-order chi connectivity index (χ1) is 12.1. The minimum atomic E-state index is -0.532. The van der Waals surface area contributed by atoms with E-state index in [0.717, 1.165) is 0 Å². The number of ether oxygens (including phenoxy) is 2. The molecule has 0 aliphatic rings. The molecule has 1 amide bonds. The quantitative estimate of drug-likeness (QED) is 0.771. The summed E-state index contributed by atoms with van der Waals surface area (Å²) in [5, 5.41) is 6.51. The van der Waals surface area contributed by atoms with Crippen LogP contribution in [0.15, 0.2) is 49.1 Å². The number of carbonyl (C=O) groups is 1. The summed E-state index contributed by atoms with van der Waals surface area (Å²) in [5.41, 5.74) is 0.918. The Morgan fingerprint density at radius 1 is 1.12 bits per heavy atom. The van der Waals surface area contributed by atoms with Crippen LogP contribution in [-0.4, -0.2) is 34.9 Å². The molecule has 0 unspecified atom stereocenters. The molecule has 0 saturated heterocycles. The fourth-order valence-electron chi connectivity index (χ4n) is 2.28. The molecule has 25 heavy (non-hydrogen) atoms. The molecule has 0 radical (unpaired) electrons. The highest BCUT2D eigenvalue weighted by Crippen LogP contribution is 2.28. The van der Waals surface area contributed by atoms with E-state index >= 15 is 0 Å². The van der Waals surface area contributed by atoms with E-state index in [-0.39, 0.29) is 5.69 Å². The second-order valence-corrected chi connectivity index (χ2v) is 5.03. The summed E-state index contributed by atoms with van der Waals surface area (Å²) in [5.74, 6) is 0.0228. The van der Waals surface area contributed by atoms with Crippen LogP contribution < -0.4 is 14.8 Å². The van der Waals surface area contributed by atoms with Crippen LogP contribution in [0.2, 0.25) is 0 Å². The van der Waals surface area contributed by atoms with Crippen molar-refractivity contribution in [2.24, 2.45) is 0 Å². The van der Waals surface area contributed by atoms with Gasteiger partial charge in [-0.05, 0) is 36.4 Å². The molecule has 3 aromatic rings. The summed E-state index contributed by atoms with van der Waals surface area (Å²) >= 11 is 0. The minimum Gasteiger partial charge on any atom is -0.493 e. The first-order valence-corrected chi connectivity index (χ1v) is 7.30. The van der Waals surface area contributed by atoms with E-state index in [9.17, 15) is 9.18 Å². The van der Waals surface area contributed by atoms with E-state index < -0.39 is 11.7 Å². The molecule has 2 aromatic carbocycles. The molecule has 1 heterocycles. The lowest BCUT2D eigenvalue weighted by atomic mass is 10.1. The van der Waals surface area contributed by atoms with E-state index in [1.165, 1.54) is 43.7 Å². The molecule has 0 saturated carbocycles. The lowest BCUT2D eigenvalue weighted by molar-refractivity contribution is 0.102. The molecule has 0 fully saturated rings. The van der Waals surface area contributed by atoms with Gasteiger partial charge < -0.3 is 14.8 Å². The number of nitrogens with zero attached hydrogens (tertiary/aromatic N) is 3. The number of aromatic nitrogens is 3. The van der Waals surface area contributed by atoms with Gasteiger partial charge in [-0.25, -0.2) is 14.1 Å². The molecular weight excluding hydrogens is 327 g/mol. The molecule has 0 spiro atoms. The van der Waals surface area contributed by atoms with Crippen molar-refractivity contribution in [3.05, 3.63) is 60.4 Å². The Hall–Kier alpha value is -3.42. The van der Waals surface area contributed by atoms with Gasteiger partial charge in [-0.2, -0.15) is 5.10 Å². The number of carbonyl (C=O) groups excluding carboxylic acids is 1. The highest BCUT2D eigenvalue weighted by Gasteiger charge is 2.12. The fraction of sp³-hybridized carbons (Fsp3) is 0.118. The van der Waals surface area contributed by atoms with Gasteiger partial charge in [0.05, 0.1) is 14.2 Å². The zero-order valence-corrected chi connectivity index (χ0v) is 13.6. The molecule has 0 aliphatic carbocycles. The molecule has 1 aromatic heterocycles. The predicted octanol–water partition coefficient (Wildman–Crippen LogP) is 2.68. The van der Waals surface area contributed by atoms with Gasteiger partial charge in [-0.15, -0.1) is 0 Å². The lowest BCUT2D eigenvalue weighted by Gasteiger charge is -2.11. The Kier molecular flexibility index (Phi) is 4.60. The monoisotopic (exact) mass is 342 g/mol. The summed E-state index contributed by atoms with van der Waals surface area (Å²) in [4.78, 5) is 16.1. The second-order valence-electron chi connectivity index (χ2n) is 5.03. The van der Waals surface area contributed by atoms with Gasteiger partial charge >= 0.3 is 0 Å². The van der Waals surface area contributed by atoms with Gasteiger partial charge in [0, 0.05) is 11.3 Å². The van der Waals surface area contributed by atoms with Crippen molar-refractivity contribution in [3.63, 3.8) is 0 Å². The van der Waals surface area contributed by atoms with Crippen LogP contribution in [0.5, 0.6) is 11.5 Å². The number of rotatable bonds is 5. The van der Waals surface area contributed by atoms with Crippen molar-refractivity contribution in [1.29, 1.82) is 0 Å². The van der Waals surface area contributed by atoms with Crippen LogP contribution >= 0.6 is 0 Å². The van der Waals surface area contributed by atoms with Crippen LogP contribution in [0.3, 0.4) is 0 Å². The molecule has 0 aliphatic heterocycles. The molecule has 0 bridgehead atoms. The summed E-state index contributed by atoms with van der Waals surface area (Å²) < 4.78 is 25.8. The van der Waals surface area contributed by atoms with Gasteiger partial charge in [0.25, 0.3) is 5.91 Å². The van der Waals surface area contributed by atoms with Crippen molar-refractivity contribution in [1.82, 2.24) is 14.8 Å². The molecule has 0 atom stereocenters. The van der Waals surface area contributed by atoms with Crippen LogP contribution in [0.25, 0.3) is 5.69 Å². The third-order valence-corrected chi connectivity index (χ3v) is 3.52. The molecule has 128 valence electrons. The van der Waals surface area contributed by atoms with E-state index in [0.29, 0.717) is 22.7 Å².